The molecule has 2 rings (SSSR count). The summed E-state index contributed by atoms with van der Waals surface area (Å²) in [6.07, 6.45) is 1.28. The van der Waals surface area contributed by atoms with Crippen molar-refractivity contribution in [2.24, 2.45) is 0 Å². The molecule has 0 unspecified atom stereocenters. The van der Waals surface area contributed by atoms with Crippen molar-refractivity contribution in [1.82, 2.24) is 4.90 Å². The number of carbonyl (C=O) groups excluding carboxylic acids is 1. The number of carbonyl (C=O) groups is 1. The van der Waals surface area contributed by atoms with Crippen LogP contribution in [0.2, 0.25) is 0 Å². The summed E-state index contributed by atoms with van der Waals surface area (Å²) in [7, 11) is 0. The molecule has 0 saturated carbocycles. The van der Waals surface area contributed by atoms with Crippen molar-refractivity contribution in [1.29, 1.82) is 0 Å². The lowest BCUT2D eigenvalue weighted by molar-refractivity contribution is 0.131. The van der Waals surface area contributed by atoms with Gasteiger partial charge in [0.2, 0.25) is 0 Å². The van der Waals surface area contributed by atoms with E-state index < -0.39 is 0 Å². The van der Waals surface area contributed by atoms with E-state index in [-0.39, 0.29) is 18.2 Å². The smallest absolute Gasteiger partial charge is 0.411 e. The Morgan fingerprint density at radius 3 is 2.75 bits per heavy atom. The molecule has 2 atom stereocenters. The zero-order chi connectivity index (χ0) is 11.5. The Labute approximate surface area is 95.3 Å². The van der Waals surface area contributed by atoms with Gasteiger partial charge in [-0.05, 0) is 12.5 Å². The van der Waals surface area contributed by atoms with E-state index >= 15 is 0 Å². The zero-order valence-electron chi connectivity index (χ0n) is 9.30. The van der Waals surface area contributed by atoms with Crippen molar-refractivity contribution in [2.45, 2.75) is 19.1 Å². The van der Waals surface area contributed by atoms with E-state index in [1.807, 2.05) is 37.3 Å². The van der Waals surface area contributed by atoms with Crippen molar-refractivity contribution < 1.29 is 9.53 Å². The number of hydrogen-bond acceptors (Lipinski definition) is 2. The largest absolute Gasteiger partial charge is 0.439 e. The van der Waals surface area contributed by atoms with E-state index in [0.29, 0.717) is 6.54 Å². The van der Waals surface area contributed by atoms with Crippen molar-refractivity contribution in [2.75, 3.05) is 6.54 Å². The van der Waals surface area contributed by atoms with Crippen LogP contribution in [0.4, 0.5) is 4.79 Å². The molecule has 1 heterocycles. The molecular formula is C13H15NO2. The summed E-state index contributed by atoms with van der Waals surface area (Å²) in [5, 5.41) is 0. The quantitative estimate of drug-likeness (QED) is 0.728. The molecular weight excluding hydrogens is 202 g/mol. The number of nitrogens with zero attached hydrogens (tertiary/aromatic N) is 1. The number of amides is 1. The zero-order valence-corrected chi connectivity index (χ0v) is 9.30. The average Bonchev–Trinajstić information content (AvgIpc) is 2.59. The van der Waals surface area contributed by atoms with Crippen molar-refractivity contribution in [3.63, 3.8) is 0 Å². The molecule has 0 spiro atoms. The summed E-state index contributed by atoms with van der Waals surface area (Å²) >= 11 is 0. The van der Waals surface area contributed by atoms with E-state index in [4.69, 9.17) is 4.74 Å². The van der Waals surface area contributed by atoms with Crippen molar-refractivity contribution in [3.05, 3.63) is 48.6 Å². The highest BCUT2D eigenvalue weighted by Crippen LogP contribution is 2.31. The Hall–Kier alpha value is -1.77. The van der Waals surface area contributed by atoms with Gasteiger partial charge in [-0.1, -0.05) is 36.4 Å². The van der Waals surface area contributed by atoms with E-state index in [0.717, 1.165) is 5.56 Å². The molecule has 84 valence electrons. The second kappa shape index (κ2) is 4.39. The highest BCUT2D eigenvalue weighted by Gasteiger charge is 2.38. The molecule has 1 amide bonds. The Morgan fingerprint density at radius 1 is 1.44 bits per heavy atom. The Bertz CT molecular complexity index is 388. The van der Waals surface area contributed by atoms with Gasteiger partial charge in [-0.2, -0.15) is 0 Å². The fourth-order valence-electron chi connectivity index (χ4n) is 1.97. The first-order chi connectivity index (χ1) is 7.74. The third-order valence-corrected chi connectivity index (χ3v) is 2.85. The Morgan fingerprint density at radius 2 is 2.12 bits per heavy atom. The molecule has 0 N–H and O–H groups in total. The van der Waals surface area contributed by atoms with Gasteiger partial charge in [0.05, 0.1) is 6.04 Å². The van der Waals surface area contributed by atoms with Gasteiger partial charge < -0.3 is 4.74 Å². The minimum Gasteiger partial charge on any atom is -0.439 e. The number of hydrogen-bond donors (Lipinski definition) is 0. The summed E-state index contributed by atoms with van der Waals surface area (Å²) in [6, 6.07) is 9.86. The van der Waals surface area contributed by atoms with Gasteiger partial charge in [0.25, 0.3) is 0 Å². The van der Waals surface area contributed by atoms with Crippen LogP contribution in [0.25, 0.3) is 0 Å². The SMILES string of the molecule is C=CCN1C(=O)O[C@H](c2ccccc2)[C@@H]1C. The molecule has 1 aromatic carbocycles. The Balaban J connectivity index is 2.20. The molecule has 1 aromatic rings. The summed E-state index contributed by atoms with van der Waals surface area (Å²) in [5.74, 6) is 0. The Kier molecular flexibility index (Phi) is 2.95. The maximum absolute atomic E-state index is 11.6. The van der Waals surface area contributed by atoms with Crippen LogP contribution in [0.3, 0.4) is 0 Å². The third-order valence-electron chi connectivity index (χ3n) is 2.85. The average molecular weight is 217 g/mol. The molecule has 3 nitrogen and oxygen atoms in total. The van der Waals surface area contributed by atoms with Gasteiger partial charge in [0, 0.05) is 6.54 Å². The summed E-state index contributed by atoms with van der Waals surface area (Å²) < 4.78 is 5.36. The summed E-state index contributed by atoms with van der Waals surface area (Å²) in [5.41, 5.74) is 1.04. The minimum atomic E-state index is -0.263. The van der Waals surface area contributed by atoms with Gasteiger partial charge >= 0.3 is 6.09 Å². The van der Waals surface area contributed by atoms with Gasteiger partial charge in [-0.15, -0.1) is 6.58 Å². The topological polar surface area (TPSA) is 29.5 Å². The van der Waals surface area contributed by atoms with Crippen LogP contribution in [0, 0.1) is 0 Å². The van der Waals surface area contributed by atoms with E-state index in [2.05, 4.69) is 6.58 Å². The highest BCUT2D eigenvalue weighted by atomic mass is 16.6. The first-order valence-corrected chi connectivity index (χ1v) is 5.37. The predicted octanol–water partition coefficient (Wildman–Crippen LogP) is 2.75. The molecule has 1 saturated heterocycles. The molecule has 1 aliphatic rings. The number of rotatable bonds is 3. The molecule has 0 aliphatic carbocycles. The summed E-state index contributed by atoms with van der Waals surface area (Å²) in [6.45, 7) is 6.16. The second-order valence-corrected chi connectivity index (χ2v) is 3.90. The van der Waals surface area contributed by atoms with Crippen LogP contribution in [-0.2, 0) is 4.74 Å². The van der Waals surface area contributed by atoms with E-state index in [9.17, 15) is 4.79 Å². The lowest BCUT2D eigenvalue weighted by atomic mass is 10.0. The molecule has 1 aliphatic heterocycles. The van der Waals surface area contributed by atoms with Crippen molar-refractivity contribution in [3.8, 4) is 0 Å². The normalized spacial score (nSPS) is 24.3. The van der Waals surface area contributed by atoms with Crippen LogP contribution < -0.4 is 0 Å². The second-order valence-electron chi connectivity index (χ2n) is 3.90. The van der Waals surface area contributed by atoms with Crippen molar-refractivity contribution >= 4 is 6.09 Å². The predicted molar refractivity (Wildman–Crippen MR) is 62.0 cm³/mol. The highest BCUT2D eigenvalue weighted by molar-refractivity contribution is 5.71. The van der Waals surface area contributed by atoms with Gasteiger partial charge in [0.15, 0.2) is 0 Å². The minimum absolute atomic E-state index is 0.0490. The van der Waals surface area contributed by atoms with Gasteiger partial charge in [-0.25, -0.2) is 4.79 Å². The van der Waals surface area contributed by atoms with Crippen LogP contribution >= 0.6 is 0 Å². The van der Waals surface area contributed by atoms with Crippen LogP contribution in [-0.4, -0.2) is 23.6 Å². The fraction of sp³-hybridized carbons (Fsp3) is 0.308. The maximum Gasteiger partial charge on any atom is 0.411 e. The summed E-state index contributed by atoms with van der Waals surface area (Å²) in [4.78, 5) is 13.3. The van der Waals surface area contributed by atoms with Gasteiger partial charge in [0.1, 0.15) is 6.10 Å². The standard InChI is InChI=1S/C13H15NO2/c1-3-9-14-10(2)12(16-13(14)15)11-7-5-4-6-8-11/h3-8,10,12H,1,9H2,2H3/t10-,12-/m0/s1. The molecule has 0 aromatic heterocycles. The number of ether oxygens (including phenoxy) is 1. The fourth-order valence-corrected chi connectivity index (χ4v) is 1.97. The number of cyclic esters (lactones) is 1. The molecule has 0 radical (unpaired) electrons. The molecule has 1 fully saturated rings. The van der Waals surface area contributed by atoms with Crippen LogP contribution in [0.5, 0.6) is 0 Å². The first-order valence-electron chi connectivity index (χ1n) is 5.37. The van der Waals surface area contributed by atoms with E-state index in [1.165, 1.54) is 0 Å². The van der Waals surface area contributed by atoms with E-state index in [1.54, 1.807) is 11.0 Å². The maximum atomic E-state index is 11.6. The van der Waals surface area contributed by atoms with Crippen LogP contribution in [0.15, 0.2) is 43.0 Å². The number of benzene rings is 1. The monoisotopic (exact) mass is 217 g/mol. The van der Waals surface area contributed by atoms with Crippen LogP contribution in [0.1, 0.15) is 18.6 Å². The van der Waals surface area contributed by atoms with Gasteiger partial charge in [-0.3, -0.25) is 4.90 Å². The lowest BCUT2D eigenvalue weighted by Crippen LogP contribution is -2.31. The molecule has 16 heavy (non-hydrogen) atoms. The lowest BCUT2D eigenvalue weighted by Gasteiger charge is -2.19. The first kappa shape index (κ1) is 10.7. The third kappa shape index (κ3) is 1.81. The molecule has 3 heteroatoms. The molecule has 0 bridgehead atoms.